The zero-order valence-corrected chi connectivity index (χ0v) is 16.1. The van der Waals surface area contributed by atoms with Crippen molar-refractivity contribution in [3.05, 3.63) is 23.3 Å². The Bertz CT molecular complexity index is 662. The van der Waals surface area contributed by atoms with Gasteiger partial charge in [-0.3, -0.25) is 0 Å². The Morgan fingerprint density at radius 3 is 2.33 bits per heavy atom. The Morgan fingerprint density at radius 2 is 1.75 bits per heavy atom. The highest BCUT2D eigenvalue weighted by Crippen LogP contribution is 2.31. The maximum Gasteiger partial charge on any atom is 0.246 e. The Balaban J connectivity index is 2.38. The number of sulfonamides is 1. The van der Waals surface area contributed by atoms with Crippen LogP contribution in [0.2, 0.25) is 0 Å². The molecule has 2 rings (SSSR count). The fraction of sp³-hybridized carbons (Fsp3) is 0.667. The lowest BCUT2D eigenvalue weighted by Crippen LogP contribution is -2.48. The fourth-order valence-corrected chi connectivity index (χ4v) is 4.66. The second-order valence-corrected chi connectivity index (χ2v) is 8.57. The molecule has 6 heteroatoms. The van der Waals surface area contributed by atoms with E-state index in [4.69, 9.17) is 9.47 Å². The SMILES string of the molecule is CCCCOc1cc(C)c(C)cc1S(=O)(=O)N1C[C@@H](C)O[C@@H](C)C1. The van der Waals surface area contributed by atoms with E-state index in [-0.39, 0.29) is 17.1 Å². The third kappa shape index (κ3) is 4.29. The van der Waals surface area contributed by atoms with Crippen molar-refractivity contribution < 1.29 is 17.9 Å². The summed E-state index contributed by atoms with van der Waals surface area (Å²) in [6.07, 6.45) is 1.68. The lowest BCUT2D eigenvalue weighted by atomic mass is 10.1. The minimum absolute atomic E-state index is 0.112. The van der Waals surface area contributed by atoms with Crippen LogP contribution >= 0.6 is 0 Å². The average Bonchev–Trinajstić information content (AvgIpc) is 2.49. The summed E-state index contributed by atoms with van der Waals surface area (Å²) in [6, 6.07) is 3.57. The van der Waals surface area contributed by atoms with Crippen LogP contribution in [-0.2, 0) is 14.8 Å². The first-order valence-electron chi connectivity index (χ1n) is 8.65. The molecule has 1 aliphatic heterocycles. The molecule has 0 spiro atoms. The molecule has 0 aromatic heterocycles. The van der Waals surface area contributed by atoms with E-state index in [1.165, 1.54) is 4.31 Å². The molecule has 1 heterocycles. The van der Waals surface area contributed by atoms with Gasteiger partial charge < -0.3 is 9.47 Å². The molecule has 1 saturated heterocycles. The van der Waals surface area contributed by atoms with Crippen molar-refractivity contribution in [3.8, 4) is 5.75 Å². The van der Waals surface area contributed by atoms with Crippen molar-refractivity contribution in [2.24, 2.45) is 0 Å². The van der Waals surface area contributed by atoms with Gasteiger partial charge in [0, 0.05) is 13.1 Å². The summed E-state index contributed by atoms with van der Waals surface area (Å²) < 4.78 is 39.4. The van der Waals surface area contributed by atoms with E-state index in [9.17, 15) is 8.42 Å². The van der Waals surface area contributed by atoms with Crippen LogP contribution in [0.15, 0.2) is 17.0 Å². The Hall–Kier alpha value is -1.11. The number of rotatable bonds is 6. The quantitative estimate of drug-likeness (QED) is 0.735. The van der Waals surface area contributed by atoms with Crippen LogP contribution < -0.4 is 4.74 Å². The van der Waals surface area contributed by atoms with Gasteiger partial charge in [-0.15, -0.1) is 0 Å². The van der Waals surface area contributed by atoms with Crippen molar-refractivity contribution in [1.82, 2.24) is 4.31 Å². The van der Waals surface area contributed by atoms with Crippen LogP contribution in [0.3, 0.4) is 0 Å². The molecule has 0 amide bonds. The molecule has 0 unspecified atom stereocenters. The number of benzene rings is 1. The highest BCUT2D eigenvalue weighted by Gasteiger charge is 2.34. The third-order valence-corrected chi connectivity index (χ3v) is 6.17. The molecular formula is C18H29NO4S. The van der Waals surface area contributed by atoms with Crippen molar-refractivity contribution in [2.45, 2.75) is 64.6 Å². The molecule has 24 heavy (non-hydrogen) atoms. The molecule has 0 bridgehead atoms. The van der Waals surface area contributed by atoms with E-state index >= 15 is 0 Å². The maximum absolute atomic E-state index is 13.2. The van der Waals surface area contributed by atoms with Crippen LogP contribution in [0.25, 0.3) is 0 Å². The van der Waals surface area contributed by atoms with Crippen molar-refractivity contribution in [1.29, 1.82) is 0 Å². The molecule has 1 fully saturated rings. The monoisotopic (exact) mass is 355 g/mol. The highest BCUT2D eigenvalue weighted by molar-refractivity contribution is 7.89. The van der Waals surface area contributed by atoms with Gasteiger partial charge in [-0.25, -0.2) is 8.42 Å². The molecule has 1 aliphatic rings. The first-order chi connectivity index (χ1) is 11.3. The van der Waals surface area contributed by atoms with E-state index in [2.05, 4.69) is 6.92 Å². The van der Waals surface area contributed by atoms with Gasteiger partial charge in [-0.1, -0.05) is 13.3 Å². The van der Waals surface area contributed by atoms with Crippen LogP contribution in [-0.4, -0.2) is 44.6 Å². The molecule has 2 atom stereocenters. The Kier molecular flexibility index (Phi) is 6.28. The Morgan fingerprint density at radius 1 is 1.17 bits per heavy atom. The summed E-state index contributed by atoms with van der Waals surface area (Å²) in [5.74, 6) is 0.457. The summed E-state index contributed by atoms with van der Waals surface area (Å²) >= 11 is 0. The molecule has 1 aromatic carbocycles. The molecule has 1 aromatic rings. The lowest BCUT2D eigenvalue weighted by Gasteiger charge is -2.34. The zero-order chi connectivity index (χ0) is 17.9. The van der Waals surface area contributed by atoms with E-state index in [0.29, 0.717) is 25.4 Å². The van der Waals surface area contributed by atoms with Crippen molar-refractivity contribution in [3.63, 3.8) is 0 Å². The Labute approximate surface area is 146 Å². The number of nitrogens with zero attached hydrogens (tertiary/aromatic N) is 1. The average molecular weight is 356 g/mol. The minimum Gasteiger partial charge on any atom is -0.492 e. The largest absolute Gasteiger partial charge is 0.492 e. The van der Waals surface area contributed by atoms with Crippen molar-refractivity contribution in [2.75, 3.05) is 19.7 Å². The second kappa shape index (κ2) is 7.85. The summed E-state index contributed by atoms with van der Waals surface area (Å²) in [5.41, 5.74) is 1.98. The fourth-order valence-electron chi connectivity index (χ4n) is 2.87. The predicted molar refractivity (Wildman–Crippen MR) is 95.1 cm³/mol. The minimum atomic E-state index is -3.61. The zero-order valence-electron chi connectivity index (χ0n) is 15.3. The number of hydrogen-bond donors (Lipinski definition) is 0. The van der Waals surface area contributed by atoms with Gasteiger partial charge in [0.15, 0.2) is 0 Å². The molecule has 0 aliphatic carbocycles. The molecule has 0 N–H and O–H groups in total. The van der Waals surface area contributed by atoms with Crippen LogP contribution in [0.4, 0.5) is 0 Å². The number of hydrogen-bond acceptors (Lipinski definition) is 4. The summed E-state index contributed by atoms with van der Waals surface area (Å²) in [7, 11) is -3.61. The molecule has 0 saturated carbocycles. The van der Waals surface area contributed by atoms with Gasteiger partial charge in [0.2, 0.25) is 10.0 Å². The topological polar surface area (TPSA) is 55.8 Å². The molecule has 5 nitrogen and oxygen atoms in total. The molecule has 0 radical (unpaired) electrons. The second-order valence-electron chi connectivity index (χ2n) is 6.66. The van der Waals surface area contributed by atoms with Gasteiger partial charge in [0.1, 0.15) is 10.6 Å². The van der Waals surface area contributed by atoms with Crippen LogP contribution in [0.5, 0.6) is 5.75 Å². The summed E-state index contributed by atoms with van der Waals surface area (Å²) in [6.45, 7) is 11.0. The number of ether oxygens (including phenoxy) is 2. The van der Waals surface area contributed by atoms with Gasteiger partial charge in [0.25, 0.3) is 0 Å². The molecular weight excluding hydrogens is 326 g/mol. The summed E-state index contributed by atoms with van der Waals surface area (Å²) in [4.78, 5) is 0.267. The van der Waals surface area contributed by atoms with Crippen LogP contribution in [0.1, 0.15) is 44.7 Å². The van der Waals surface area contributed by atoms with Crippen molar-refractivity contribution >= 4 is 10.0 Å². The molecule has 136 valence electrons. The number of unbranched alkanes of at least 4 members (excludes halogenated alkanes) is 1. The first-order valence-corrected chi connectivity index (χ1v) is 10.1. The van der Waals surface area contributed by atoms with Crippen LogP contribution in [0, 0.1) is 13.8 Å². The predicted octanol–water partition coefficient (Wildman–Crippen LogP) is 3.28. The van der Waals surface area contributed by atoms with E-state index in [0.717, 1.165) is 24.0 Å². The standard InChI is InChI=1S/C18H29NO4S/c1-6-7-8-22-17-9-13(2)14(3)10-18(17)24(20,21)19-11-15(4)23-16(5)12-19/h9-10,15-16H,6-8,11-12H2,1-5H3/t15-,16+. The summed E-state index contributed by atoms with van der Waals surface area (Å²) in [5, 5.41) is 0. The third-order valence-electron chi connectivity index (χ3n) is 4.32. The van der Waals surface area contributed by atoms with E-state index in [1.54, 1.807) is 6.07 Å². The van der Waals surface area contributed by atoms with Gasteiger partial charge in [0.05, 0.1) is 18.8 Å². The lowest BCUT2D eigenvalue weighted by molar-refractivity contribution is -0.0441. The smallest absolute Gasteiger partial charge is 0.246 e. The first kappa shape index (κ1) is 19.2. The van der Waals surface area contributed by atoms with E-state index < -0.39 is 10.0 Å². The van der Waals surface area contributed by atoms with Gasteiger partial charge >= 0.3 is 0 Å². The number of aryl methyl sites for hydroxylation is 2. The maximum atomic E-state index is 13.2. The normalized spacial score (nSPS) is 22.5. The van der Waals surface area contributed by atoms with Gasteiger partial charge in [-0.2, -0.15) is 4.31 Å². The highest BCUT2D eigenvalue weighted by atomic mass is 32.2. The van der Waals surface area contributed by atoms with E-state index in [1.807, 2.05) is 33.8 Å². The number of morpholine rings is 1. The van der Waals surface area contributed by atoms with Gasteiger partial charge in [-0.05, 0) is 57.4 Å².